The van der Waals surface area contributed by atoms with Crippen LogP contribution in [0, 0.1) is 6.92 Å². The van der Waals surface area contributed by atoms with Gasteiger partial charge < -0.3 is 14.7 Å². The number of carboxylic acid groups (broad SMARTS) is 1. The summed E-state index contributed by atoms with van der Waals surface area (Å²) in [5.74, 6) is 0.117. The van der Waals surface area contributed by atoms with Crippen LogP contribution in [-0.2, 0) is 4.79 Å². The van der Waals surface area contributed by atoms with Gasteiger partial charge in [0.1, 0.15) is 5.75 Å². The first-order chi connectivity index (χ1) is 10.9. The zero-order valence-electron chi connectivity index (χ0n) is 15.1. The Morgan fingerprint density at radius 3 is 2.43 bits per heavy atom. The highest BCUT2D eigenvalue weighted by atomic mass is 16.5. The molecule has 0 aliphatic carbocycles. The van der Waals surface area contributed by atoms with Gasteiger partial charge in [-0.15, -0.1) is 0 Å². The van der Waals surface area contributed by atoms with Crippen molar-refractivity contribution in [1.82, 2.24) is 4.90 Å². The maximum Gasteiger partial charge on any atom is 0.344 e. The Kier molecular flexibility index (Phi) is 8.10. The van der Waals surface area contributed by atoms with Gasteiger partial charge in [0, 0.05) is 0 Å². The zero-order valence-corrected chi connectivity index (χ0v) is 15.1. The van der Waals surface area contributed by atoms with Crippen molar-refractivity contribution >= 4 is 5.97 Å². The van der Waals surface area contributed by atoms with E-state index in [-0.39, 0.29) is 0 Å². The minimum atomic E-state index is -0.888. The summed E-state index contributed by atoms with van der Waals surface area (Å²) in [4.78, 5) is 13.8. The highest BCUT2D eigenvalue weighted by Gasteiger charge is 2.21. The summed E-state index contributed by atoms with van der Waals surface area (Å²) in [5, 5.41) is 9.47. The first kappa shape index (κ1) is 19.5. The van der Waals surface area contributed by atoms with Gasteiger partial charge in [-0.05, 0) is 62.5 Å². The third kappa shape index (κ3) is 6.22. The molecule has 1 N–H and O–H groups in total. The van der Waals surface area contributed by atoms with Gasteiger partial charge in [0.25, 0.3) is 0 Å². The molecular weight excluding hydrogens is 290 g/mol. The van der Waals surface area contributed by atoms with Crippen molar-refractivity contribution in [1.29, 1.82) is 0 Å². The van der Waals surface area contributed by atoms with E-state index in [1.165, 1.54) is 0 Å². The van der Waals surface area contributed by atoms with Crippen LogP contribution in [-0.4, -0.2) is 41.7 Å². The fourth-order valence-corrected chi connectivity index (χ4v) is 2.65. The zero-order chi connectivity index (χ0) is 17.4. The Labute approximate surface area is 140 Å². The molecule has 0 fully saturated rings. The van der Waals surface area contributed by atoms with Crippen molar-refractivity contribution in [3.05, 3.63) is 29.3 Å². The minimum Gasteiger partial charge on any atom is -0.479 e. The predicted molar refractivity (Wildman–Crippen MR) is 94.3 cm³/mol. The largest absolute Gasteiger partial charge is 0.479 e. The Bertz CT molecular complexity index is 495. The molecule has 1 atom stereocenters. The van der Waals surface area contributed by atoms with Crippen LogP contribution in [0.3, 0.4) is 0 Å². The standard InChI is InChI=1S/C19H31NO3/c1-6-20(7-2)12-8-9-17(19(21)22)23-18-13-15(5)10-11-16(18)14(3)4/h10-11,13-14,17H,6-9,12H2,1-5H3,(H,21,22). The summed E-state index contributed by atoms with van der Waals surface area (Å²) >= 11 is 0. The average molecular weight is 321 g/mol. The number of ether oxygens (including phenoxy) is 1. The third-order valence-corrected chi connectivity index (χ3v) is 4.17. The Balaban J connectivity index is 2.76. The molecule has 0 saturated carbocycles. The van der Waals surface area contributed by atoms with Crippen LogP contribution in [0.5, 0.6) is 5.75 Å². The lowest BCUT2D eigenvalue weighted by molar-refractivity contribution is -0.145. The topological polar surface area (TPSA) is 49.8 Å². The van der Waals surface area contributed by atoms with E-state index in [4.69, 9.17) is 4.74 Å². The predicted octanol–water partition coefficient (Wildman–Crippen LogP) is 4.07. The quantitative estimate of drug-likeness (QED) is 0.705. The van der Waals surface area contributed by atoms with Crippen molar-refractivity contribution < 1.29 is 14.6 Å². The van der Waals surface area contributed by atoms with E-state index in [0.29, 0.717) is 18.1 Å². The van der Waals surface area contributed by atoms with E-state index >= 15 is 0 Å². The van der Waals surface area contributed by atoms with Gasteiger partial charge in [0.15, 0.2) is 6.10 Å². The third-order valence-electron chi connectivity index (χ3n) is 4.17. The van der Waals surface area contributed by atoms with E-state index < -0.39 is 12.1 Å². The number of benzene rings is 1. The molecule has 0 amide bonds. The highest BCUT2D eigenvalue weighted by molar-refractivity contribution is 5.72. The van der Waals surface area contributed by atoms with Crippen molar-refractivity contribution in [2.24, 2.45) is 0 Å². The van der Waals surface area contributed by atoms with Crippen molar-refractivity contribution in [3.8, 4) is 5.75 Å². The lowest BCUT2D eigenvalue weighted by atomic mass is 10.0. The molecule has 1 rings (SSSR count). The Morgan fingerprint density at radius 2 is 1.91 bits per heavy atom. The van der Waals surface area contributed by atoms with E-state index in [2.05, 4.69) is 32.6 Å². The van der Waals surface area contributed by atoms with Crippen LogP contribution in [0.15, 0.2) is 18.2 Å². The van der Waals surface area contributed by atoms with E-state index in [1.807, 2.05) is 25.1 Å². The first-order valence-corrected chi connectivity index (χ1v) is 8.61. The van der Waals surface area contributed by atoms with Gasteiger partial charge in [-0.2, -0.15) is 0 Å². The Hall–Kier alpha value is -1.55. The molecule has 1 aromatic carbocycles. The SMILES string of the molecule is CCN(CC)CCCC(Oc1cc(C)ccc1C(C)C)C(=O)O. The van der Waals surface area contributed by atoms with Gasteiger partial charge in [-0.1, -0.05) is 39.8 Å². The number of aryl methyl sites for hydroxylation is 1. The van der Waals surface area contributed by atoms with Crippen molar-refractivity contribution in [2.75, 3.05) is 19.6 Å². The molecule has 0 aromatic heterocycles. The number of hydrogen-bond donors (Lipinski definition) is 1. The molecule has 0 radical (unpaired) electrons. The second kappa shape index (κ2) is 9.56. The van der Waals surface area contributed by atoms with Crippen LogP contribution in [0.2, 0.25) is 0 Å². The summed E-state index contributed by atoms with van der Waals surface area (Å²) in [6, 6.07) is 6.01. The fraction of sp³-hybridized carbons (Fsp3) is 0.632. The summed E-state index contributed by atoms with van der Waals surface area (Å²) in [7, 11) is 0. The fourth-order valence-electron chi connectivity index (χ4n) is 2.65. The molecule has 1 unspecified atom stereocenters. The van der Waals surface area contributed by atoms with Crippen molar-refractivity contribution in [2.45, 2.75) is 59.5 Å². The van der Waals surface area contributed by atoms with Crippen LogP contribution < -0.4 is 4.74 Å². The maximum absolute atomic E-state index is 11.5. The lowest BCUT2D eigenvalue weighted by Crippen LogP contribution is -2.30. The number of carbonyl (C=O) groups is 1. The molecule has 130 valence electrons. The molecule has 23 heavy (non-hydrogen) atoms. The average Bonchev–Trinajstić information content (AvgIpc) is 2.50. The second-order valence-corrected chi connectivity index (χ2v) is 6.31. The smallest absolute Gasteiger partial charge is 0.344 e. The van der Waals surface area contributed by atoms with Gasteiger partial charge in [-0.25, -0.2) is 4.79 Å². The molecule has 0 bridgehead atoms. The normalized spacial score (nSPS) is 12.7. The number of hydrogen-bond acceptors (Lipinski definition) is 3. The molecule has 0 spiro atoms. The summed E-state index contributed by atoms with van der Waals surface area (Å²) < 4.78 is 5.88. The number of aliphatic carboxylic acids is 1. The monoisotopic (exact) mass is 321 g/mol. The van der Waals surface area contributed by atoms with E-state index in [9.17, 15) is 9.90 Å². The summed E-state index contributed by atoms with van der Waals surface area (Å²) in [5.41, 5.74) is 2.14. The first-order valence-electron chi connectivity index (χ1n) is 8.61. The molecule has 0 heterocycles. The maximum atomic E-state index is 11.5. The molecule has 0 saturated heterocycles. The van der Waals surface area contributed by atoms with Crippen LogP contribution in [0.1, 0.15) is 57.6 Å². The van der Waals surface area contributed by atoms with Crippen molar-refractivity contribution in [3.63, 3.8) is 0 Å². The van der Waals surface area contributed by atoms with E-state index in [1.54, 1.807) is 0 Å². The molecule has 0 aliphatic rings. The molecule has 1 aromatic rings. The van der Waals surface area contributed by atoms with Gasteiger partial charge in [0.2, 0.25) is 0 Å². The Morgan fingerprint density at radius 1 is 1.26 bits per heavy atom. The summed E-state index contributed by atoms with van der Waals surface area (Å²) in [6.07, 6.45) is 0.559. The van der Waals surface area contributed by atoms with Crippen LogP contribution in [0.25, 0.3) is 0 Å². The van der Waals surface area contributed by atoms with Gasteiger partial charge in [-0.3, -0.25) is 0 Å². The van der Waals surface area contributed by atoms with Crippen LogP contribution in [0.4, 0.5) is 0 Å². The van der Waals surface area contributed by atoms with Gasteiger partial charge in [0.05, 0.1) is 0 Å². The number of nitrogens with zero attached hydrogens (tertiary/aromatic N) is 1. The lowest BCUT2D eigenvalue weighted by Gasteiger charge is -2.22. The molecule has 4 nitrogen and oxygen atoms in total. The van der Waals surface area contributed by atoms with Crippen LogP contribution >= 0.6 is 0 Å². The van der Waals surface area contributed by atoms with E-state index in [0.717, 1.165) is 37.2 Å². The highest BCUT2D eigenvalue weighted by Crippen LogP contribution is 2.29. The minimum absolute atomic E-state index is 0.302. The van der Waals surface area contributed by atoms with Gasteiger partial charge >= 0.3 is 5.97 Å². The molecule has 0 aliphatic heterocycles. The summed E-state index contributed by atoms with van der Waals surface area (Å²) in [6.45, 7) is 13.3. The second-order valence-electron chi connectivity index (χ2n) is 6.31. The number of rotatable bonds is 10. The molecule has 4 heteroatoms. The molecular formula is C19H31NO3. The number of carboxylic acids is 1.